The third-order valence-electron chi connectivity index (χ3n) is 8.35. The van der Waals surface area contributed by atoms with Gasteiger partial charge >= 0.3 is 24.0 Å². The first kappa shape index (κ1) is 33.4. The number of hydrogen-bond donors (Lipinski definition) is 1. The van der Waals surface area contributed by atoms with E-state index in [2.05, 4.69) is 21.0 Å². The highest BCUT2D eigenvalue weighted by molar-refractivity contribution is 8.20. The Hall–Kier alpha value is -3.46. The molecule has 0 radical (unpaired) electrons. The molecular formula is C32H39F3N6O4S2. The molecule has 1 saturated heterocycles. The van der Waals surface area contributed by atoms with Crippen molar-refractivity contribution in [3.8, 4) is 6.01 Å². The van der Waals surface area contributed by atoms with E-state index in [-0.39, 0.29) is 48.9 Å². The molecule has 0 N–H and O–H groups in total. The van der Waals surface area contributed by atoms with Crippen LogP contribution < -0.4 is 15.3 Å². The first-order valence-electron chi connectivity index (χ1n) is 15.6. The monoisotopic (exact) mass is 692 g/mol. The van der Waals surface area contributed by atoms with Crippen molar-refractivity contribution in [3.63, 3.8) is 0 Å². The largest absolute Gasteiger partial charge is 0.457 e. The lowest BCUT2D eigenvalue weighted by atomic mass is 10.1. The molecule has 1 amide bonds. The van der Waals surface area contributed by atoms with Gasteiger partial charge in [0.05, 0.1) is 29.7 Å². The zero-order valence-electron chi connectivity index (χ0n) is 27.0. The average molecular weight is 693 g/mol. The van der Waals surface area contributed by atoms with Gasteiger partial charge in [0.25, 0.3) is 0 Å². The standard InChI is InChI=1S/C32H39F3N6O4S2/c1-19-15-39(16-20(2)41(19)30(43)45-31(3,4)5)27-24-13-21(32(33,34)35)14-25-26(24)40(29(42)38-27)17-22(44-28-36-9-6-10-37-28)18-47(25)23-7-11-46-12-8-23/h6-7,9-10,13-14,19-20,22,47H,8,11-12,15-18H2,1-5H3/t19-,20+,22-/m0/s1. The molecule has 0 saturated carbocycles. The van der Waals surface area contributed by atoms with Crippen molar-refractivity contribution in [1.29, 1.82) is 0 Å². The number of ether oxygens (including phenoxy) is 2. The normalized spacial score (nSPS) is 24.5. The molecule has 4 atom stereocenters. The Morgan fingerprint density at radius 3 is 2.38 bits per heavy atom. The number of halogens is 3. The van der Waals surface area contributed by atoms with E-state index in [0.29, 0.717) is 16.2 Å². The molecule has 0 bridgehead atoms. The second kappa shape index (κ2) is 12.9. The number of alkyl halides is 3. The number of anilines is 1. The van der Waals surface area contributed by atoms with Crippen molar-refractivity contribution >= 4 is 45.5 Å². The quantitative estimate of drug-likeness (QED) is 0.336. The summed E-state index contributed by atoms with van der Waals surface area (Å²) in [5.74, 6) is 2.23. The van der Waals surface area contributed by atoms with Crippen LogP contribution in [-0.4, -0.2) is 84.6 Å². The molecule has 0 aliphatic carbocycles. The van der Waals surface area contributed by atoms with Gasteiger partial charge in [0, 0.05) is 47.3 Å². The molecule has 5 heterocycles. The van der Waals surface area contributed by atoms with Gasteiger partial charge in [-0.3, -0.25) is 9.47 Å². The number of hydrogen-bond acceptors (Lipinski definition) is 9. The molecule has 15 heteroatoms. The summed E-state index contributed by atoms with van der Waals surface area (Å²) in [7, 11) is -1.32. The van der Waals surface area contributed by atoms with Crippen LogP contribution in [0.2, 0.25) is 0 Å². The van der Waals surface area contributed by atoms with Crippen LogP contribution in [0.15, 0.2) is 51.3 Å². The number of piperazine rings is 1. The number of amides is 1. The van der Waals surface area contributed by atoms with Crippen molar-refractivity contribution in [3.05, 3.63) is 57.6 Å². The maximum atomic E-state index is 14.6. The van der Waals surface area contributed by atoms with E-state index in [1.165, 1.54) is 10.6 Å². The molecule has 1 fully saturated rings. The minimum atomic E-state index is -4.63. The lowest BCUT2D eigenvalue weighted by molar-refractivity contribution is -0.137. The van der Waals surface area contributed by atoms with E-state index in [1.807, 2.05) is 18.7 Å². The molecule has 6 rings (SSSR count). The molecule has 0 spiro atoms. The van der Waals surface area contributed by atoms with Crippen LogP contribution in [-0.2, 0) is 17.5 Å². The van der Waals surface area contributed by atoms with E-state index >= 15 is 0 Å². The second-order valence-electron chi connectivity index (χ2n) is 13.1. The predicted molar refractivity (Wildman–Crippen MR) is 179 cm³/mol. The number of rotatable bonds is 4. The lowest BCUT2D eigenvalue weighted by Gasteiger charge is -2.45. The Balaban J connectivity index is 1.50. The van der Waals surface area contributed by atoms with Gasteiger partial charge in [-0.15, -0.1) is 0 Å². The highest BCUT2D eigenvalue weighted by Crippen LogP contribution is 2.53. The first-order valence-corrected chi connectivity index (χ1v) is 18.3. The summed E-state index contributed by atoms with van der Waals surface area (Å²) >= 11 is 1.78. The van der Waals surface area contributed by atoms with Gasteiger partial charge in [0.2, 0.25) is 0 Å². The van der Waals surface area contributed by atoms with Crippen LogP contribution >= 0.6 is 22.7 Å². The summed E-state index contributed by atoms with van der Waals surface area (Å²) in [4.78, 5) is 44.9. The fourth-order valence-electron chi connectivity index (χ4n) is 6.50. The van der Waals surface area contributed by atoms with Gasteiger partial charge in [-0.25, -0.2) is 19.6 Å². The highest BCUT2D eigenvalue weighted by Gasteiger charge is 2.39. The molecule has 2 aromatic heterocycles. The molecule has 47 heavy (non-hydrogen) atoms. The maximum Gasteiger partial charge on any atom is 0.416 e. The number of allylic oxidation sites excluding steroid dienone is 1. The van der Waals surface area contributed by atoms with Gasteiger partial charge in [-0.2, -0.15) is 40.8 Å². The fraction of sp³-hybridized carbons (Fsp3) is 0.531. The molecular weight excluding hydrogens is 654 g/mol. The SMILES string of the molecule is C[C@@H]1CN(c2nc(=O)n3c4c(cc(C(F)(F)F)cc24)[SH](C2=CCSCC2)C[C@@H](Oc2ncccn2)C3)C[C@H](C)N1C(=O)OC(C)(C)C. The minimum Gasteiger partial charge on any atom is -0.457 e. The zero-order valence-corrected chi connectivity index (χ0v) is 28.7. The van der Waals surface area contributed by atoms with Crippen molar-refractivity contribution < 1.29 is 27.4 Å². The maximum absolute atomic E-state index is 14.6. The van der Waals surface area contributed by atoms with Crippen LogP contribution in [0.5, 0.6) is 6.01 Å². The van der Waals surface area contributed by atoms with Gasteiger partial charge in [-0.1, -0.05) is 6.08 Å². The third-order valence-corrected chi connectivity index (χ3v) is 12.0. The highest BCUT2D eigenvalue weighted by atomic mass is 32.2. The molecule has 10 nitrogen and oxygen atoms in total. The van der Waals surface area contributed by atoms with Crippen LogP contribution in [0, 0.1) is 0 Å². The van der Waals surface area contributed by atoms with Crippen LogP contribution in [0.3, 0.4) is 0 Å². The predicted octanol–water partition coefficient (Wildman–Crippen LogP) is 5.88. The summed E-state index contributed by atoms with van der Waals surface area (Å²) < 4.78 is 57.2. The van der Waals surface area contributed by atoms with Crippen LogP contribution in [0.25, 0.3) is 10.9 Å². The molecule has 1 aromatic carbocycles. The smallest absolute Gasteiger partial charge is 0.416 e. The van der Waals surface area contributed by atoms with Crippen molar-refractivity contribution in [2.24, 2.45) is 0 Å². The number of aromatic nitrogens is 4. The van der Waals surface area contributed by atoms with Crippen molar-refractivity contribution in [2.45, 2.75) is 82.4 Å². The Bertz CT molecular complexity index is 1740. The minimum absolute atomic E-state index is 0.0827. The Morgan fingerprint density at radius 1 is 1.06 bits per heavy atom. The molecule has 254 valence electrons. The third kappa shape index (κ3) is 7.06. The lowest BCUT2D eigenvalue weighted by Crippen LogP contribution is -2.59. The molecule has 3 aliphatic heterocycles. The molecule has 3 aliphatic rings. The van der Waals surface area contributed by atoms with E-state index in [1.54, 1.807) is 55.9 Å². The topological polar surface area (TPSA) is 103 Å². The van der Waals surface area contributed by atoms with E-state index in [0.717, 1.165) is 28.9 Å². The number of carbonyl (C=O) groups excluding carboxylic acids is 1. The van der Waals surface area contributed by atoms with Crippen molar-refractivity contribution in [1.82, 2.24) is 24.4 Å². The number of carbonyl (C=O) groups is 1. The molecule has 3 aromatic rings. The van der Waals surface area contributed by atoms with Gasteiger partial charge in [-0.05, 0) is 69.9 Å². The van der Waals surface area contributed by atoms with Gasteiger partial charge in [0.1, 0.15) is 17.5 Å². The van der Waals surface area contributed by atoms with Gasteiger partial charge in [0.15, 0.2) is 0 Å². The van der Waals surface area contributed by atoms with E-state index < -0.39 is 46.1 Å². The summed E-state index contributed by atoms with van der Waals surface area (Å²) in [5.41, 5.74) is -1.60. The Labute approximate surface area is 278 Å². The summed E-state index contributed by atoms with van der Waals surface area (Å²) in [5, 5.41) is 0.259. The van der Waals surface area contributed by atoms with Gasteiger partial charge < -0.3 is 14.4 Å². The Morgan fingerprint density at radius 2 is 1.77 bits per heavy atom. The van der Waals surface area contributed by atoms with E-state index in [9.17, 15) is 22.8 Å². The summed E-state index contributed by atoms with van der Waals surface area (Å²) in [6, 6.07) is 3.43. The summed E-state index contributed by atoms with van der Waals surface area (Å²) in [6.07, 6.45) is 0.305. The van der Waals surface area contributed by atoms with E-state index in [4.69, 9.17) is 9.47 Å². The van der Waals surface area contributed by atoms with Crippen molar-refractivity contribution in [2.75, 3.05) is 35.2 Å². The number of thioether (sulfide) groups is 1. The second-order valence-corrected chi connectivity index (χ2v) is 16.5. The first-order chi connectivity index (χ1) is 22.2. The fourth-order valence-corrected chi connectivity index (χ4v) is 10.4. The number of benzene rings is 1. The zero-order chi connectivity index (χ0) is 33.7. The number of nitrogens with zero attached hydrogens (tertiary/aromatic N) is 6. The van der Waals surface area contributed by atoms with Crippen LogP contribution in [0.1, 0.15) is 46.6 Å². The average Bonchev–Trinajstić information content (AvgIpc) is 3.16. The number of thiol groups is 1. The van der Waals surface area contributed by atoms with Crippen LogP contribution in [0.4, 0.5) is 23.8 Å². The summed E-state index contributed by atoms with van der Waals surface area (Å²) in [6.45, 7) is 9.70. The molecule has 1 unspecified atom stereocenters. The Kier molecular flexibility index (Phi) is 9.15.